The average Bonchev–Trinajstić information content (AvgIpc) is 2.52. The molecule has 2 aromatic rings. The molecular formula is C19H21NO. The molecule has 0 aliphatic heterocycles. The Labute approximate surface area is 126 Å². The molecule has 0 spiro atoms. The van der Waals surface area contributed by atoms with Crippen molar-refractivity contribution in [3.63, 3.8) is 0 Å². The van der Waals surface area contributed by atoms with Crippen LogP contribution in [0.3, 0.4) is 0 Å². The molecule has 2 aromatic carbocycles. The largest absolute Gasteiger partial charge is 0.493 e. The van der Waals surface area contributed by atoms with E-state index in [-0.39, 0.29) is 0 Å². The maximum Gasteiger partial charge on any atom is 0.122 e. The summed E-state index contributed by atoms with van der Waals surface area (Å²) in [5, 5.41) is 0. The Kier molecular flexibility index (Phi) is 5.87. The fraction of sp³-hybridized carbons (Fsp3) is 0.263. The molecule has 2 rings (SSSR count). The first-order valence-electron chi connectivity index (χ1n) is 7.26. The lowest BCUT2D eigenvalue weighted by Gasteiger charge is -2.09. The van der Waals surface area contributed by atoms with Gasteiger partial charge in [-0.25, -0.2) is 0 Å². The van der Waals surface area contributed by atoms with Crippen LogP contribution < -0.4 is 10.5 Å². The Morgan fingerprint density at radius 2 is 1.90 bits per heavy atom. The molecule has 0 radical (unpaired) electrons. The first-order chi connectivity index (χ1) is 10.3. The standard InChI is InChI=1S/C19H21NO/c1-16-15-18(9-5-13-20)11-12-19(16)21-14-6-10-17-7-3-2-4-8-17/h2-4,7-8,11-12,15H,6,10,13-14,20H2,1H3. The van der Waals surface area contributed by atoms with Crippen LogP contribution in [0, 0.1) is 18.8 Å². The first-order valence-corrected chi connectivity index (χ1v) is 7.26. The summed E-state index contributed by atoms with van der Waals surface area (Å²) in [7, 11) is 0. The molecule has 2 N–H and O–H groups in total. The molecule has 0 amide bonds. The molecule has 0 aliphatic carbocycles. The number of nitrogens with two attached hydrogens (primary N) is 1. The highest BCUT2D eigenvalue weighted by molar-refractivity contribution is 5.43. The number of benzene rings is 2. The lowest BCUT2D eigenvalue weighted by molar-refractivity contribution is 0.309. The van der Waals surface area contributed by atoms with Crippen molar-refractivity contribution in [3.8, 4) is 17.6 Å². The van der Waals surface area contributed by atoms with E-state index in [0.29, 0.717) is 6.54 Å². The second-order valence-electron chi connectivity index (χ2n) is 4.92. The van der Waals surface area contributed by atoms with Gasteiger partial charge in [-0.05, 0) is 49.1 Å². The van der Waals surface area contributed by atoms with Crippen LogP contribution in [-0.4, -0.2) is 13.2 Å². The molecule has 0 saturated carbocycles. The van der Waals surface area contributed by atoms with Crippen LogP contribution in [0.4, 0.5) is 0 Å². The molecule has 21 heavy (non-hydrogen) atoms. The second-order valence-corrected chi connectivity index (χ2v) is 4.92. The lowest BCUT2D eigenvalue weighted by atomic mass is 10.1. The van der Waals surface area contributed by atoms with Crippen molar-refractivity contribution < 1.29 is 4.74 Å². The van der Waals surface area contributed by atoms with Gasteiger partial charge in [0.05, 0.1) is 13.2 Å². The highest BCUT2D eigenvalue weighted by Gasteiger charge is 2.00. The topological polar surface area (TPSA) is 35.2 Å². The Bertz CT molecular complexity index is 623. The molecule has 0 heterocycles. The number of hydrogen-bond acceptors (Lipinski definition) is 2. The van der Waals surface area contributed by atoms with Crippen molar-refractivity contribution in [2.24, 2.45) is 5.73 Å². The summed E-state index contributed by atoms with van der Waals surface area (Å²) in [4.78, 5) is 0. The van der Waals surface area contributed by atoms with E-state index in [4.69, 9.17) is 10.5 Å². The van der Waals surface area contributed by atoms with Crippen molar-refractivity contribution in [1.29, 1.82) is 0 Å². The number of hydrogen-bond donors (Lipinski definition) is 1. The maximum absolute atomic E-state index is 5.85. The zero-order chi connectivity index (χ0) is 14.9. The third-order valence-electron chi connectivity index (χ3n) is 3.22. The zero-order valence-electron chi connectivity index (χ0n) is 12.4. The van der Waals surface area contributed by atoms with Gasteiger partial charge in [0.1, 0.15) is 5.75 Å². The Balaban J connectivity index is 1.83. The summed E-state index contributed by atoms with van der Waals surface area (Å²) >= 11 is 0. The SMILES string of the molecule is Cc1cc(C#CCN)ccc1OCCCc1ccccc1. The number of rotatable bonds is 5. The van der Waals surface area contributed by atoms with Crippen LogP contribution in [0.1, 0.15) is 23.1 Å². The van der Waals surface area contributed by atoms with Crippen molar-refractivity contribution in [2.75, 3.05) is 13.2 Å². The van der Waals surface area contributed by atoms with E-state index >= 15 is 0 Å². The van der Waals surface area contributed by atoms with Gasteiger partial charge < -0.3 is 10.5 Å². The van der Waals surface area contributed by atoms with Gasteiger partial charge in [-0.1, -0.05) is 42.2 Å². The first kappa shape index (κ1) is 15.2. The van der Waals surface area contributed by atoms with E-state index in [1.54, 1.807) is 0 Å². The fourth-order valence-electron chi connectivity index (χ4n) is 2.15. The number of ether oxygens (including phenoxy) is 1. The van der Waals surface area contributed by atoms with Crippen molar-refractivity contribution in [2.45, 2.75) is 19.8 Å². The zero-order valence-corrected chi connectivity index (χ0v) is 12.4. The van der Waals surface area contributed by atoms with E-state index < -0.39 is 0 Å². The van der Waals surface area contributed by atoms with Crippen molar-refractivity contribution in [3.05, 3.63) is 65.2 Å². The summed E-state index contributed by atoms with van der Waals surface area (Å²) < 4.78 is 5.85. The van der Waals surface area contributed by atoms with Gasteiger partial charge >= 0.3 is 0 Å². The normalized spacial score (nSPS) is 9.81. The van der Waals surface area contributed by atoms with E-state index in [1.165, 1.54) is 5.56 Å². The molecule has 2 nitrogen and oxygen atoms in total. The summed E-state index contributed by atoms with van der Waals surface area (Å²) in [6.45, 7) is 3.15. The smallest absolute Gasteiger partial charge is 0.122 e. The van der Waals surface area contributed by atoms with Crippen LogP contribution in [0.15, 0.2) is 48.5 Å². The summed E-state index contributed by atoms with van der Waals surface area (Å²) in [5.74, 6) is 6.82. The minimum atomic E-state index is 0.386. The summed E-state index contributed by atoms with van der Waals surface area (Å²) in [6.07, 6.45) is 2.05. The minimum absolute atomic E-state index is 0.386. The molecule has 0 atom stereocenters. The molecule has 0 unspecified atom stereocenters. The number of aryl methyl sites for hydroxylation is 2. The highest BCUT2D eigenvalue weighted by atomic mass is 16.5. The Hall–Kier alpha value is -2.24. The average molecular weight is 279 g/mol. The van der Waals surface area contributed by atoms with Crippen molar-refractivity contribution in [1.82, 2.24) is 0 Å². The molecular weight excluding hydrogens is 258 g/mol. The van der Waals surface area contributed by atoms with Crippen LogP contribution in [0.5, 0.6) is 5.75 Å². The third kappa shape index (κ3) is 4.98. The second kappa shape index (κ2) is 8.14. The van der Waals surface area contributed by atoms with Crippen LogP contribution in [0.25, 0.3) is 0 Å². The highest BCUT2D eigenvalue weighted by Crippen LogP contribution is 2.19. The predicted octanol–water partition coefficient (Wildman–Crippen LogP) is 3.32. The fourth-order valence-corrected chi connectivity index (χ4v) is 2.15. The summed E-state index contributed by atoms with van der Waals surface area (Å²) in [5.41, 5.74) is 8.82. The van der Waals surface area contributed by atoms with Crippen LogP contribution in [0.2, 0.25) is 0 Å². The van der Waals surface area contributed by atoms with E-state index in [2.05, 4.69) is 36.1 Å². The van der Waals surface area contributed by atoms with Gasteiger partial charge in [0.25, 0.3) is 0 Å². The van der Waals surface area contributed by atoms with Gasteiger partial charge in [0.15, 0.2) is 0 Å². The molecule has 0 saturated heterocycles. The Morgan fingerprint density at radius 1 is 1.10 bits per heavy atom. The molecule has 0 aliphatic rings. The van der Waals surface area contributed by atoms with Crippen LogP contribution in [-0.2, 0) is 6.42 Å². The molecule has 2 heteroatoms. The predicted molar refractivity (Wildman–Crippen MR) is 87.4 cm³/mol. The van der Waals surface area contributed by atoms with Gasteiger partial charge in [-0.3, -0.25) is 0 Å². The van der Waals surface area contributed by atoms with Gasteiger partial charge in [-0.2, -0.15) is 0 Å². The summed E-state index contributed by atoms with van der Waals surface area (Å²) in [6, 6.07) is 16.5. The lowest BCUT2D eigenvalue weighted by Crippen LogP contribution is -2.01. The van der Waals surface area contributed by atoms with Crippen LogP contribution >= 0.6 is 0 Å². The maximum atomic E-state index is 5.85. The van der Waals surface area contributed by atoms with E-state index in [9.17, 15) is 0 Å². The minimum Gasteiger partial charge on any atom is -0.493 e. The molecule has 0 fully saturated rings. The van der Waals surface area contributed by atoms with E-state index in [1.807, 2.05) is 31.2 Å². The Morgan fingerprint density at radius 3 is 2.62 bits per heavy atom. The van der Waals surface area contributed by atoms with Gasteiger partial charge in [0, 0.05) is 5.56 Å². The van der Waals surface area contributed by atoms with Crippen molar-refractivity contribution >= 4 is 0 Å². The molecule has 0 aromatic heterocycles. The third-order valence-corrected chi connectivity index (χ3v) is 3.22. The molecule has 0 bridgehead atoms. The van der Waals surface area contributed by atoms with Gasteiger partial charge in [0.2, 0.25) is 0 Å². The molecule has 108 valence electrons. The van der Waals surface area contributed by atoms with E-state index in [0.717, 1.165) is 36.3 Å². The quantitative estimate of drug-likeness (QED) is 0.673. The monoisotopic (exact) mass is 279 g/mol. The van der Waals surface area contributed by atoms with Gasteiger partial charge in [-0.15, -0.1) is 0 Å².